The Hall–Kier alpha value is -1.36. The molecule has 80 valence electrons. The molecule has 2 aromatic rings. The van der Waals surface area contributed by atoms with Crippen LogP contribution < -0.4 is 0 Å². The number of hydrogen-bond acceptors (Lipinski definition) is 3. The first-order valence-corrected chi connectivity index (χ1v) is 5.32. The Balaban J connectivity index is 1.83. The summed E-state index contributed by atoms with van der Waals surface area (Å²) in [6, 6.07) is 0. The number of halogens is 1. The molecule has 5 nitrogen and oxygen atoms in total. The molecule has 0 saturated carbocycles. The zero-order valence-corrected chi connectivity index (χ0v) is 9.01. The van der Waals surface area contributed by atoms with Crippen LogP contribution in [-0.4, -0.2) is 24.5 Å². The number of nitrogens with zero attached hydrogens (tertiary/aromatic N) is 5. The molecule has 2 heterocycles. The lowest BCUT2D eigenvalue weighted by Crippen LogP contribution is -2.05. The van der Waals surface area contributed by atoms with Crippen molar-refractivity contribution in [2.75, 3.05) is 0 Å². The van der Waals surface area contributed by atoms with Crippen LogP contribution in [0.25, 0.3) is 0 Å². The molecular formula is C9H12ClN5. The summed E-state index contributed by atoms with van der Waals surface area (Å²) in [6.07, 6.45) is 8.13. The Bertz CT molecular complexity index is 394. The van der Waals surface area contributed by atoms with E-state index < -0.39 is 0 Å². The molecule has 0 N–H and O–H groups in total. The van der Waals surface area contributed by atoms with Gasteiger partial charge in [-0.3, -0.25) is 4.68 Å². The van der Waals surface area contributed by atoms with Crippen LogP contribution in [0.3, 0.4) is 0 Å². The first-order chi connectivity index (χ1) is 7.40. The van der Waals surface area contributed by atoms with Gasteiger partial charge in [-0.15, -0.1) is 16.7 Å². The van der Waals surface area contributed by atoms with Crippen molar-refractivity contribution in [1.82, 2.24) is 24.5 Å². The fourth-order valence-electron chi connectivity index (χ4n) is 1.42. The summed E-state index contributed by atoms with van der Waals surface area (Å²) in [5.41, 5.74) is 1.05. The van der Waals surface area contributed by atoms with E-state index in [1.807, 2.05) is 10.9 Å². The maximum Gasteiger partial charge on any atom is 0.0948 e. The van der Waals surface area contributed by atoms with E-state index in [-0.39, 0.29) is 0 Å². The third kappa shape index (κ3) is 2.56. The molecule has 0 aliphatic heterocycles. The van der Waals surface area contributed by atoms with Gasteiger partial charge in [-0.25, -0.2) is 4.98 Å². The SMILES string of the molecule is ClCc1cncn1CCCn1ccnn1. The van der Waals surface area contributed by atoms with Gasteiger partial charge in [0.25, 0.3) is 0 Å². The molecule has 6 heteroatoms. The summed E-state index contributed by atoms with van der Waals surface area (Å²) in [6.45, 7) is 1.77. The molecule has 0 spiro atoms. The molecular weight excluding hydrogens is 214 g/mol. The summed E-state index contributed by atoms with van der Waals surface area (Å²) >= 11 is 5.76. The van der Waals surface area contributed by atoms with Crippen LogP contribution in [0.1, 0.15) is 12.1 Å². The first kappa shape index (κ1) is 10.2. The van der Waals surface area contributed by atoms with Gasteiger partial charge in [0.05, 0.1) is 24.1 Å². The van der Waals surface area contributed by atoms with E-state index in [1.54, 1.807) is 18.7 Å². The van der Waals surface area contributed by atoms with E-state index in [9.17, 15) is 0 Å². The molecule has 0 saturated heterocycles. The van der Waals surface area contributed by atoms with Crippen molar-refractivity contribution in [3.63, 3.8) is 0 Å². The highest BCUT2D eigenvalue weighted by molar-refractivity contribution is 6.16. The Morgan fingerprint density at radius 3 is 3.00 bits per heavy atom. The lowest BCUT2D eigenvalue weighted by Gasteiger charge is -2.05. The van der Waals surface area contributed by atoms with E-state index in [1.165, 1.54) is 0 Å². The standard InChI is InChI=1S/C9H12ClN5/c10-6-9-7-11-8-14(9)3-1-4-15-5-2-12-13-15/h2,5,7-8H,1,3-4,6H2. The van der Waals surface area contributed by atoms with Gasteiger partial charge in [0, 0.05) is 25.5 Å². The molecule has 0 aliphatic rings. The maximum atomic E-state index is 5.76. The van der Waals surface area contributed by atoms with Crippen LogP contribution in [0, 0.1) is 0 Å². The first-order valence-electron chi connectivity index (χ1n) is 4.79. The van der Waals surface area contributed by atoms with Gasteiger partial charge in [-0.05, 0) is 6.42 Å². The topological polar surface area (TPSA) is 48.5 Å². The van der Waals surface area contributed by atoms with Gasteiger partial charge in [0.2, 0.25) is 0 Å². The largest absolute Gasteiger partial charge is 0.333 e. The van der Waals surface area contributed by atoms with Crippen LogP contribution in [-0.2, 0) is 19.0 Å². The Kier molecular flexibility index (Phi) is 3.34. The lowest BCUT2D eigenvalue weighted by atomic mass is 10.4. The van der Waals surface area contributed by atoms with Gasteiger partial charge in [-0.2, -0.15) is 0 Å². The van der Waals surface area contributed by atoms with E-state index >= 15 is 0 Å². The van der Waals surface area contributed by atoms with E-state index in [2.05, 4.69) is 19.9 Å². The average molecular weight is 226 g/mol. The molecule has 0 aliphatic carbocycles. The van der Waals surface area contributed by atoms with Crippen LogP contribution >= 0.6 is 11.6 Å². The smallest absolute Gasteiger partial charge is 0.0948 e. The molecule has 0 unspecified atom stereocenters. The number of rotatable bonds is 5. The third-order valence-corrected chi connectivity index (χ3v) is 2.47. The minimum absolute atomic E-state index is 0.503. The summed E-state index contributed by atoms with van der Waals surface area (Å²) < 4.78 is 3.88. The van der Waals surface area contributed by atoms with E-state index in [4.69, 9.17) is 11.6 Å². The molecule has 2 rings (SSSR count). The molecule has 15 heavy (non-hydrogen) atoms. The predicted octanol–water partition coefficient (Wildman–Crippen LogP) is 1.30. The Morgan fingerprint density at radius 2 is 2.27 bits per heavy atom. The third-order valence-electron chi connectivity index (χ3n) is 2.19. The van der Waals surface area contributed by atoms with Crippen molar-refractivity contribution in [2.45, 2.75) is 25.4 Å². The van der Waals surface area contributed by atoms with Crippen LogP contribution in [0.2, 0.25) is 0 Å². The second kappa shape index (κ2) is 4.93. The van der Waals surface area contributed by atoms with Crippen molar-refractivity contribution in [3.05, 3.63) is 30.6 Å². The van der Waals surface area contributed by atoms with Crippen molar-refractivity contribution < 1.29 is 0 Å². The highest BCUT2D eigenvalue weighted by atomic mass is 35.5. The second-order valence-corrected chi connectivity index (χ2v) is 3.50. The Morgan fingerprint density at radius 1 is 1.33 bits per heavy atom. The fourth-order valence-corrected chi connectivity index (χ4v) is 1.64. The van der Waals surface area contributed by atoms with Crippen LogP contribution in [0.5, 0.6) is 0 Å². The maximum absolute atomic E-state index is 5.76. The quantitative estimate of drug-likeness (QED) is 0.721. The van der Waals surface area contributed by atoms with Crippen LogP contribution in [0.4, 0.5) is 0 Å². The number of imidazole rings is 1. The van der Waals surface area contributed by atoms with E-state index in [0.29, 0.717) is 5.88 Å². The fraction of sp³-hybridized carbons (Fsp3) is 0.444. The number of alkyl halides is 1. The second-order valence-electron chi connectivity index (χ2n) is 3.23. The van der Waals surface area contributed by atoms with Gasteiger partial charge in [-0.1, -0.05) is 5.21 Å². The molecule has 0 amide bonds. The van der Waals surface area contributed by atoms with Crippen molar-refractivity contribution in [1.29, 1.82) is 0 Å². The molecule has 2 aromatic heterocycles. The van der Waals surface area contributed by atoms with E-state index in [0.717, 1.165) is 25.2 Å². The van der Waals surface area contributed by atoms with Crippen molar-refractivity contribution >= 4 is 11.6 Å². The molecule has 0 fully saturated rings. The highest BCUT2D eigenvalue weighted by Crippen LogP contribution is 2.04. The van der Waals surface area contributed by atoms with Crippen molar-refractivity contribution in [2.24, 2.45) is 0 Å². The normalized spacial score (nSPS) is 10.7. The van der Waals surface area contributed by atoms with Crippen LogP contribution in [0.15, 0.2) is 24.9 Å². The van der Waals surface area contributed by atoms with Gasteiger partial charge in [0.1, 0.15) is 0 Å². The molecule has 0 atom stereocenters. The minimum Gasteiger partial charge on any atom is -0.333 e. The monoisotopic (exact) mass is 225 g/mol. The van der Waals surface area contributed by atoms with Gasteiger partial charge in [0.15, 0.2) is 0 Å². The summed E-state index contributed by atoms with van der Waals surface area (Å²) in [5, 5.41) is 7.64. The number of aryl methyl sites for hydroxylation is 2. The summed E-state index contributed by atoms with van der Waals surface area (Å²) in [4.78, 5) is 4.05. The highest BCUT2D eigenvalue weighted by Gasteiger charge is 2.00. The van der Waals surface area contributed by atoms with Gasteiger partial charge < -0.3 is 4.57 Å². The molecule has 0 radical (unpaired) electrons. The zero-order valence-electron chi connectivity index (χ0n) is 8.25. The summed E-state index contributed by atoms with van der Waals surface area (Å²) in [7, 11) is 0. The number of hydrogen-bond donors (Lipinski definition) is 0. The Labute approximate surface area is 92.7 Å². The molecule has 0 aromatic carbocycles. The lowest BCUT2D eigenvalue weighted by molar-refractivity contribution is 0.510. The minimum atomic E-state index is 0.503. The van der Waals surface area contributed by atoms with Gasteiger partial charge >= 0.3 is 0 Å². The average Bonchev–Trinajstić information content (AvgIpc) is 2.88. The summed E-state index contributed by atoms with van der Waals surface area (Å²) in [5.74, 6) is 0.503. The zero-order chi connectivity index (χ0) is 10.5. The molecule has 0 bridgehead atoms. The number of aromatic nitrogens is 5. The van der Waals surface area contributed by atoms with Crippen molar-refractivity contribution in [3.8, 4) is 0 Å². The predicted molar refractivity (Wildman–Crippen MR) is 56.4 cm³/mol.